The van der Waals surface area contributed by atoms with E-state index < -0.39 is 5.97 Å². The van der Waals surface area contributed by atoms with E-state index in [1.165, 1.54) is 6.42 Å². The summed E-state index contributed by atoms with van der Waals surface area (Å²) in [4.78, 5) is 22.5. The summed E-state index contributed by atoms with van der Waals surface area (Å²) in [5.74, 6) is -1.05. The van der Waals surface area contributed by atoms with Gasteiger partial charge in [-0.1, -0.05) is 19.8 Å². The molecule has 0 aliphatic carbocycles. The molecule has 0 radical (unpaired) electrons. The van der Waals surface area contributed by atoms with Gasteiger partial charge in [-0.2, -0.15) is 0 Å². The second-order valence-corrected chi connectivity index (χ2v) is 5.03. The molecule has 0 aromatic rings. The van der Waals surface area contributed by atoms with Gasteiger partial charge >= 0.3 is 5.97 Å². The Balaban J connectivity index is 2.14. The number of carbonyl (C=O) groups excluding carboxylic acids is 1. The number of hydrogen-bond donors (Lipinski definition) is 3. The zero-order valence-electron chi connectivity index (χ0n) is 11.1. The largest absolute Gasteiger partial charge is 0.481 e. The fourth-order valence-corrected chi connectivity index (χ4v) is 2.12. The van der Waals surface area contributed by atoms with Crippen molar-refractivity contribution in [2.24, 2.45) is 5.92 Å². The Hall–Kier alpha value is -1.10. The molecule has 18 heavy (non-hydrogen) atoms. The van der Waals surface area contributed by atoms with Crippen LogP contribution in [-0.2, 0) is 9.59 Å². The topological polar surface area (TPSA) is 78.4 Å². The van der Waals surface area contributed by atoms with Gasteiger partial charge in [0.15, 0.2) is 0 Å². The summed E-state index contributed by atoms with van der Waals surface area (Å²) in [6.45, 7) is 3.17. The lowest BCUT2D eigenvalue weighted by Crippen LogP contribution is -2.44. The Labute approximate surface area is 108 Å². The van der Waals surface area contributed by atoms with E-state index in [9.17, 15) is 9.59 Å². The minimum atomic E-state index is -0.772. The van der Waals surface area contributed by atoms with E-state index in [1.54, 1.807) is 6.92 Å². The highest BCUT2D eigenvalue weighted by atomic mass is 16.4. The average Bonchev–Trinajstić information content (AvgIpc) is 2.62. The molecule has 1 heterocycles. The molecule has 2 atom stereocenters. The summed E-state index contributed by atoms with van der Waals surface area (Å²) in [5.41, 5.74) is 0. The standard InChI is InChI=1S/C13H24N2O3/c1-10(13(17)18)6-5-9-15-12(16)11-7-3-2-4-8-14-11/h10-11,14H,2-9H2,1H3,(H,15,16)(H,17,18). The quantitative estimate of drug-likeness (QED) is 0.623. The Morgan fingerprint density at radius 3 is 2.89 bits per heavy atom. The first-order valence-corrected chi connectivity index (χ1v) is 6.85. The maximum Gasteiger partial charge on any atom is 0.306 e. The first kappa shape index (κ1) is 15.0. The maximum atomic E-state index is 11.8. The maximum absolute atomic E-state index is 11.8. The number of carboxylic acid groups (broad SMARTS) is 1. The third-order valence-corrected chi connectivity index (χ3v) is 3.41. The van der Waals surface area contributed by atoms with E-state index in [0.29, 0.717) is 19.4 Å². The van der Waals surface area contributed by atoms with Crippen LogP contribution < -0.4 is 10.6 Å². The molecular formula is C13H24N2O3. The molecule has 5 nitrogen and oxygen atoms in total. The lowest BCUT2D eigenvalue weighted by molar-refractivity contribution is -0.141. The van der Waals surface area contributed by atoms with Crippen molar-refractivity contribution in [3.8, 4) is 0 Å². The minimum absolute atomic E-state index is 0.0554. The molecule has 2 unspecified atom stereocenters. The van der Waals surface area contributed by atoms with E-state index in [-0.39, 0.29) is 17.9 Å². The molecule has 1 saturated heterocycles. The summed E-state index contributed by atoms with van der Waals surface area (Å²) in [7, 11) is 0. The molecule has 1 rings (SSSR count). The molecule has 104 valence electrons. The van der Waals surface area contributed by atoms with Gasteiger partial charge in [0, 0.05) is 6.54 Å². The first-order valence-electron chi connectivity index (χ1n) is 6.85. The van der Waals surface area contributed by atoms with Gasteiger partial charge in [-0.3, -0.25) is 9.59 Å². The van der Waals surface area contributed by atoms with Crippen LogP contribution in [0.3, 0.4) is 0 Å². The summed E-state index contributed by atoms with van der Waals surface area (Å²) in [6, 6.07) is -0.0654. The van der Waals surface area contributed by atoms with Crippen molar-refractivity contribution in [1.82, 2.24) is 10.6 Å². The molecule has 0 saturated carbocycles. The molecule has 1 aliphatic heterocycles. The van der Waals surface area contributed by atoms with Gasteiger partial charge in [0.05, 0.1) is 12.0 Å². The Kier molecular flexibility index (Phi) is 6.72. The van der Waals surface area contributed by atoms with Crippen LogP contribution in [-0.4, -0.2) is 36.1 Å². The molecule has 1 aliphatic rings. The number of carboxylic acids is 1. The predicted molar refractivity (Wildman–Crippen MR) is 69.3 cm³/mol. The predicted octanol–water partition coefficient (Wildman–Crippen LogP) is 1.14. The van der Waals surface area contributed by atoms with Crippen molar-refractivity contribution in [2.45, 2.75) is 51.5 Å². The van der Waals surface area contributed by atoms with E-state index in [0.717, 1.165) is 25.8 Å². The Bertz CT molecular complexity index is 273. The third-order valence-electron chi connectivity index (χ3n) is 3.41. The Morgan fingerprint density at radius 2 is 2.17 bits per heavy atom. The lowest BCUT2D eigenvalue weighted by atomic mass is 10.1. The minimum Gasteiger partial charge on any atom is -0.481 e. The van der Waals surface area contributed by atoms with E-state index >= 15 is 0 Å². The summed E-state index contributed by atoms with van der Waals surface area (Å²) >= 11 is 0. The molecule has 0 bridgehead atoms. The van der Waals surface area contributed by atoms with Crippen molar-refractivity contribution in [3.05, 3.63) is 0 Å². The first-order chi connectivity index (χ1) is 8.61. The van der Waals surface area contributed by atoms with Crippen molar-refractivity contribution in [1.29, 1.82) is 0 Å². The highest BCUT2D eigenvalue weighted by molar-refractivity contribution is 5.81. The van der Waals surface area contributed by atoms with E-state index in [4.69, 9.17) is 5.11 Å². The Morgan fingerprint density at radius 1 is 1.39 bits per heavy atom. The van der Waals surface area contributed by atoms with Crippen molar-refractivity contribution >= 4 is 11.9 Å². The normalized spacial score (nSPS) is 21.9. The van der Waals surface area contributed by atoms with Gasteiger partial charge in [-0.05, 0) is 32.2 Å². The zero-order chi connectivity index (χ0) is 13.4. The third kappa shape index (κ3) is 5.49. The molecule has 3 N–H and O–H groups in total. The van der Waals surface area contributed by atoms with Gasteiger partial charge in [0.25, 0.3) is 0 Å². The van der Waals surface area contributed by atoms with Gasteiger partial charge in [0.2, 0.25) is 5.91 Å². The zero-order valence-corrected chi connectivity index (χ0v) is 11.1. The monoisotopic (exact) mass is 256 g/mol. The summed E-state index contributed by atoms with van der Waals surface area (Å²) in [6.07, 6.45) is 5.64. The number of amides is 1. The van der Waals surface area contributed by atoms with Crippen molar-refractivity contribution in [3.63, 3.8) is 0 Å². The highest BCUT2D eigenvalue weighted by Crippen LogP contribution is 2.08. The number of rotatable bonds is 6. The number of aliphatic carboxylic acids is 1. The number of hydrogen-bond acceptors (Lipinski definition) is 3. The van der Waals surface area contributed by atoms with E-state index in [1.807, 2.05) is 0 Å². The van der Waals surface area contributed by atoms with Gasteiger partial charge < -0.3 is 15.7 Å². The van der Waals surface area contributed by atoms with Crippen LogP contribution in [0.5, 0.6) is 0 Å². The van der Waals surface area contributed by atoms with Crippen LogP contribution in [0.4, 0.5) is 0 Å². The molecule has 0 aromatic carbocycles. The fraction of sp³-hybridized carbons (Fsp3) is 0.846. The number of nitrogens with one attached hydrogen (secondary N) is 2. The molecule has 0 spiro atoms. The smallest absolute Gasteiger partial charge is 0.306 e. The van der Waals surface area contributed by atoms with Gasteiger partial charge in [0.1, 0.15) is 0 Å². The highest BCUT2D eigenvalue weighted by Gasteiger charge is 2.18. The van der Waals surface area contributed by atoms with Crippen LogP contribution in [0.15, 0.2) is 0 Å². The molecule has 5 heteroatoms. The fourth-order valence-electron chi connectivity index (χ4n) is 2.12. The summed E-state index contributed by atoms with van der Waals surface area (Å²) in [5, 5.41) is 14.9. The molecular weight excluding hydrogens is 232 g/mol. The van der Waals surface area contributed by atoms with Crippen LogP contribution in [0, 0.1) is 5.92 Å². The van der Waals surface area contributed by atoms with Gasteiger partial charge in [-0.25, -0.2) is 0 Å². The molecule has 1 amide bonds. The van der Waals surface area contributed by atoms with Crippen LogP contribution in [0.25, 0.3) is 0 Å². The van der Waals surface area contributed by atoms with E-state index in [2.05, 4.69) is 10.6 Å². The SMILES string of the molecule is CC(CCCNC(=O)C1CCCCCN1)C(=O)O. The molecule has 0 aromatic heterocycles. The average molecular weight is 256 g/mol. The second-order valence-electron chi connectivity index (χ2n) is 5.03. The van der Waals surface area contributed by atoms with Crippen LogP contribution in [0.2, 0.25) is 0 Å². The second kappa shape index (κ2) is 8.08. The number of carbonyl (C=O) groups is 2. The lowest BCUT2D eigenvalue weighted by Gasteiger charge is -2.15. The van der Waals surface area contributed by atoms with Crippen LogP contribution >= 0.6 is 0 Å². The van der Waals surface area contributed by atoms with Crippen molar-refractivity contribution in [2.75, 3.05) is 13.1 Å². The van der Waals surface area contributed by atoms with Gasteiger partial charge in [-0.15, -0.1) is 0 Å². The van der Waals surface area contributed by atoms with Crippen LogP contribution in [0.1, 0.15) is 45.4 Å². The molecule has 1 fully saturated rings. The van der Waals surface area contributed by atoms with Crippen molar-refractivity contribution < 1.29 is 14.7 Å². The summed E-state index contributed by atoms with van der Waals surface area (Å²) < 4.78 is 0.